The number of benzene rings is 2. The number of anilines is 2. The van der Waals surface area contributed by atoms with E-state index in [9.17, 15) is 4.79 Å². The molecule has 0 atom stereocenters. The fourth-order valence-corrected chi connectivity index (χ4v) is 3.65. The van der Waals surface area contributed by atoms with E-state index >= 15 is 0 Å². The van der Waals surface area contributed by atoms with Crippen molar-refractivity contribution in [3.63, 3.8) is 0 Å². The largest absolute Gasteiger partial charge is 0.327 e. The topological polar surface area (TPSA) is 73.7 Å². The molecule has 0 aliphatic carbocycles. The Balaban J connectivity index is 1.60. The van der Waals surface area contributed by atoms with Gasteiger partial charge in [0.25, 0.3) is 0 Å². The van der Waals surface area contributed by atoms with E-state index in [2.05, 4.69) is 20.4 Å². The average Bonchev–Trinajstić information content (AvgIpc) is 2.66. The summed E-state index contributed by atoms with van der Waals surface area (Å²) in [4.78, 5) is 23.2. The Morgan fingerprint density at radius 1 is 1.15 bits per heavy atom. The summed E-state index contributed by atoms with van der Waals surface area (Å²) in [5, 5.41) is 10.7. The van der Waals surface area contributed by atoms with Gasteiger partial charge < -0.3 is 5.32 Å². The summed E-state index contributed by atoms with van der Waals surface area (Å²) in [6.45, 7) is 0. The van der Waals surface area contributed by atoms with Gasteiger partial charge in [0.05, 0.1) is 11.0 Å². The summed E-state index contributed by atoms with van der Waals surface area (Å²) in [5.74, 6) is 0.635. The van der Waals surface area contributed by atoms with Gasteiger partial charge in [-0.3, -0.25) is 4.90 Å². The Bertz CT molecular complexity index is 1060. The van der Waals surface area contributed by atoms with Crippen molar-refractivity contribution < 1.29 is 4.79 Å². The van der Waals surface area contributed by atoms with Gasteiger partial charge in [-0.25, -0.2) is 19.8 Å². The van der Waals surface area contributed by atoms with Crippen LogP contribution in [0.25, 0.3) is 11.0 Å². The molecule has 0 saturated carbocycles. The number of carbonyl (C=O) groups excluding carboxylic acids is 1. The highest BCUT2D eigenvalue weighted by molar-refractivity contribution is 8.14. The third-order valence-corrected chi connectivity index (χ3v) is 5.16. The summed E-state index contributed by atoms with van der Waals surface area (Å²) in [6.07, 6.45) is 0. The monoisotopic (exact) mass is 398 g/mol. The van der Waals surface area contributed by atoms with Crippen molar-refractivity contribution in [3.8, 4) is 0 Å². The van der Waals surface area contributed by atoms with Crippen molar-refractivity contribution >= 4 is 57.1 Å². The zero-order chi connectivity index (χ0) is 19.0. The van der Waals surface area contributed by atoms with E-state index < -0.39 is 0 Å². The summed E-state index contributed by atoms with van der Waals surface area (Å²) in [7, 11) is 3.44. The molecule has 27 heavy (non-hydrogen) atoms. The molecule has 3 aromatic rings. The molecule has 0 fully saturated rings. The first-order chi connectivity index (χ1) is 13.0. The van der Waals surface area contributed by atoms with E-state index in [1.807, 2.05) is 36.4 Å². The minimum Gasteiger partial charge on any atom is -0.308 e. The Kier molecular flexibility index (Phi) is 4.59. The number of hydrogen-bond acceptors (Lipinski definition) is 6. The van der Waals surface area contributed by atoms with Crippen LogP contribution in [0.4, 0.5) is 16.3 Å². The van der Waals surface area contributed by atoms with Crippen LogP contribution < -0.4 is 10.3 Å². The zero-order valence-electron chi connectivity index (χ0n) is 14.5. The minimum atomic E-state index is -0.291. The van der Waals surface area contributed by atoms with Gasteiger partial charge >= 0.3 is 6.03 Å². The molecule has 7 nitrogen and oxygen atoms in total. The van der Waals surface area contributed by atoms with Crippen LogP contribution in [0.1, 0.15) is 0 Å². The molecule has 2 heterocycles. The van der Waals surface area contributed by atoms with Gasteiger partial charge in [-0.15, -0.1) is 5.10 Å². The SMILES string of the molecule is CN(C(=O)Nc1ccccc1)C1=NN(C)c2nc3ccc(Cl)cc3nc2S1. The number of fused-ring (bicyclic) bond motifs is 2. The lowest BCUT2D eigenvalue weighted by molar-refractivity contribution is 0.239. The van der Waals surface area contributed by atoms with Crippen LogP contribution in [0.15, 0.2) is 58.7 Å². The smallest absolute Gasteiger partial charge is 0.308 e. The van der Waals surface area contributed by atoms with Crippen LogP contribution in [-0.4, -0.2) is 40.2 Å². The highest BCUT2D eigenvalue weighted by Gasteiger charge is 2.26. The number of halogens is 1. The Hall–Kier alpha value is -2.84. The summed E-state index contributed by atoms with van der Waals surface area (Å²) >= 11 is 7.34. The van der Waals surface area contributed by atoms with Crippen LogP contribution in [0.2, 0.25) is 5.02 Å². The van der Waals surface area contributed by atoms with Crippen LogP contribution in [-0.2, 0) is 0 Å². The number of amides is 2. The van der Waals surface area contributed by atoms with Crippen molar-refractivity contribution in [2.75, 3.05) is 24.4 Å². The number of hydrazone groups is 1. The van der Waals surface area contributed by atoms with E-state index in [4.69, 9.17) is 11.6 Å². The molecular formula is C18H15ClN6OS. The fourth-order valence-electron chi connectivity index (χ4n) is 2.52. The van der Waals surface area contributed by atoms with Gasteiger partial charge in [0, 0.05) is 24.8 Å². The molecule has 1 N–H and O–H groups in total. The first kappa shape index (κ1) is 17.6. The van der Waals surface area contributed by atoms with E-state index in [0.29, 0.717) is 32.2 Å². The summed E-state index contributed by atoms with van der Waals surface area (Å²) in [6, 6.07) is 14.3. The molecule has 1 aromatic heterocycles. The molecule has 1 aliphatic heterocycles. The maximum atomic E-state index is 12.5. The van der Waals surface area contributed by atoms with E-state index in [0.717, 1.165) is 5.52 Å². The second kappa shape index (κ2) is 7.05. The number of nitrogens with one attached hydrogen (secondary N) is 1. The van der Waals surface area contributed by atoms with Gasteiger partial charge in [0.1, 0.15) is 5.03 Å². The lowest BCUT2D eigenvalue weighted by Gasteiger charge is -2.26. The molecule has 0 spiro atoms. The van der Waals surface area contributed by atoms with Crippen molar-refractivity contribution in [2.24, 2.45) is 5.10 Å². The Morgan fingerprint density at radius 2 is 1.93 bits per heavy atom. The molecule has 136 valence electrons. The quantitative estimate of drug-likeness (QED) is 0.663. The van der Waals surface area contributed by atoms with E-state index in [1.54, 1.807) is 31.2 Å². The summed E-state index contributed by atoms with van der Waals surface area (Å²) in [5.41, 5.74) is 2.14. The number of thioether (sulfide) groups is 1. The number of carbonyl (C=O) groups is 1. The van der Waals surface area contributed by atoms with Crippen LogP contribution in [0.5, 0.6) is 0 Å². The third-order valence-electron chi connectivity index (χ3n) is 3.92. The summed E-state index contributed by atoms with van der Waals surface area (Å²) < 4.78 is 0. The molecule has 0 unspecified atom stereocenters. The van der Waals surface area contributed by atoms with Gasteiger partial charge in [-0.1, -0.05) is 29.8 Å². The molecule has 2 aromatic carbocycles. The lowest BCUT2D eigenvalue weighted by atomic mass is 10.3. The first-order valence-electron chi connectivity index (χ1n) is 8.08. The number of hydrogen-bond donors (Lipinski definition) is 1. The first-order valence-corrected chi connectivity index (χ1v) is 9.28. The molecule has 4 rings (SSSR count). The van der Waals surface area contributed by atoms with Crippen molar-refractivity contribution in [1.29, 1.82) is 0 Å². The molecular weight excluding hydrogens is 384 g/mol. The maximum Gasteiger partial charge on any atom is 0.327 e. The lowest BCUT2D eigenvalue weighted by Crippen LogP contribution is -2.37. The van der Waals surface area contributed by atoms with Gasteiger partial charge in [-0.05, 0) is 42.1 Å². The van der Waals surface area contributed by atoms with Crippen LogP contribution in [0, 0.1) is 0 Å². The number of nitrogens with zero attached hydrogens (tertiary/aromatic N) is 5. The van der Waals surface area contributed by atoms with Crippen LogP contribution in [0.3, 0.4) is 0 Å². The fraction of sp³-hybridized carbons (Fsp3) is 0.111. The highest BCUT2D eigenvalue weighted by atomic mass is 35.5. The van der Waals surface area contributed by atoms with E-state index in [-0.39, 0.29) is 6.03 Å². The maximum absolute atomic E-state index is 12.5. The van der Waals surface area contributed by atoms with Crippen molar-refractivity contribution in [2.45, 2.75) is 5.03 Å². The standard InChI is InChI=1S/C18H15ClN6OS/c1-24(17(26)20-12-6-4-3-5-7-12)18-23-25(2)15-16(27-18)22-14-10-11(19)8-9-13(14)21-15/h3-10H,1-2H3,(H,20,26). The molecule has 9 heteroatoms. The minimum absolute atomic E-state index is 0.291. The normalized spacial score (nSPS) is 13.1. The molecule has 1 aliphatic rings. The second-order valence-corrected chi connectivity index (χ2v) is 7.24. The zero-order valence-corrected chi connectivity index (χ0v) is 16.1. The number of rotatable bonds is 1. The van der Waals surface area contributed by atoms with Crippen molar-refractivity contribution in [1.82, 2.24) is 14.9 Å². The van der Waals surface area contributed by atoms with Gasteiger partial charge in [-0.2, -0.15) is 0 Å². The third kappa shape index (κ3) is 3.54. The number of para-hydroxylation sites is 1. The number of amidine groups is 1. The average molecular weight is 399 g/mol. The predicted octanol–water partition coefficient (Wildman–Crippen LogP) is 4.26. The highest BCUT2D eigenvalue weighted by Crippen LogP contribution is 2.34. The Morgan fingerprint density at radius 3 is 2.70 bits per heavy atom. The molecule has 0 radical (unpaired) electrons. The van der Waals surface area contributed by atoms with E-state index in [1.165, 1.54) is 16.7 Å². The van der Waals surface area contributed by atoms with Gasteiger partial charge in [0.2, 0.25) is 0 Å². The van der Waals surface area contributed by atoms with Crippen LogP contribution >= 0.6 is 23.4 Å². The number of aromatic nitrogens is 2. The van der Waals surface area contributed by atoms with Crippen molar-refractivity contribution in [3.05, 3.63) is 53.6 Å². The Labute approximate surface area is 165 Å². The molecule has 0 saturated heterocycles. The van der Waals surface area contributed by atoms with Gasteiger partial charge in [0.15, 0.2) is 11.0 Å². The number of urea groups is 1. The molecule has 0 bridgehead atoms. The molecule has 2 amide bonds. The second-order valence-electron chi connectivity index (χ2n) is 5.85. The predicted molar refractivity (Wildman–Crippen MR) is 109 cm³/mol.